The van der Waals surface area contributed by atoms with Gasteiger partial charge in [-0.15, -0.1) is 0 Å². The van der Waals surface area contributed by atoms with Crippen LogP contribution in [-0.2, 0) is 4.79 Å². The number of benzene rings is 2. The van der Waals surface area contributed by atoms with E-state index < -0.39 is 0 Å². The van der Waals surface area contributed by atoms with E-state index in [4.69, 9.17) is 0 Å². The summed E-state index contributed by atoms with van der Waals surface area (Å²) >= 11 is 0. The molecule has 4 nitrogen and oxygen atoms in total. The van der Waals surface area contributed by atoms with Crippen molar-refractivity contribution in [1.29, 1.82) is 0 Å². The number of nitrogens with one attached hydrogen (secondary N) is 2. The van der Waals surface area contributed by atoms with Crippen LogP contribution in [0.15, 0.2) is 48.5 Å². The van der Waals surface area contributed by atoms with Crippen LogP contribution in [0.2, 0.25) is 0 Å². The van der Waals surface area contributed by atoms with Gasteiger partial charge in [0.15, 0.2) is 0 Å². The number of hydrogen-bond donors (Lipinski definition) is 2. The van der Waals surface area contributed by atoms with Crippen molar-refractivity contribution in [3.05, 3.63) is 59.7 Å². The second kappa shape index (κ2) is 9.63. The van der Waals surface area contributed by atoms with Gasteiger partial charge in [-0.05, 0) is 67.5 Å². The third kappa shape index (κ3) is 5.28. The summed E-state index contributed by atoms with van der Waals surface area (Å²) in [5.41, 5.74) is 5.10. The first-order valence-corrected chi connectivity index (χ1v) is 10.5. The zero-order valence-electron chi connectivity index (χ0n) is 17.4. The van der Waals surface area contributed by atoms with Crippen molar-refractivity contribution in [3.63, 3.8) is 0 Å². The van der Waals surface area contributed by atoms with Crippen LogP contribution in [0, 0.1) is 0 Å². The molecule has 1 saturated heterocycles. The number of carbonyl (C=O) groups excluding carboxylic acids is 1. The molecular formula is C24H33N3O. The second-order valence-electron chi connectivity index (χ2n) is 7.82. The van der Waals surface area contributed by atoms with Crippen molar-refractivity contribution in [2.75, 3.05) is 29.9 Å². The molecule has 1 amide bonds. The van der Waals surface area contributed by atoms with Crippen LogP contribution in [0.25, 0.3) is 0 Å². The predicted molar refractivity (Wildman–Crippen MR) is 118 cm³/mol. The van der Waals surface area contributed by atoms with Crippen molar-refractivity contribution in [1.82, 2.24) is 5.32 Å². The molecule has 150 valence electrons. The minimum Gasteiger partial charge on any atom is -0.385 e. The SMILES string of the molecule is CCCNc1ccc(N2CCC(c3ccc([C@H](C)NC(C)=O)cc3)CC2)cc1. The Hall–Kier alpha value is -2.49. The Labute approximate surface area is 169 Å². The highest BCUT2D eigenvalue weighted by Gasteiger charge is 2.21. The Morgan fingerprint density at radius 2 is 1.71 bits per heavy atom. The summed E-state index contributed by atoms with van der Waals surface area (Å²) in [5, 5.41) is 6.38. The van der Waals surface area contributed by atoms with Crippen LogP contribution in [0.1, 0.15) is 63.1 Å². The molecule has 28 heavy (non-hydrogen) atoms. The Balaban J connectivity index is 1.54. The van der Waals surface area contributed by atoms with Crippen molar-refractivity contribution in [3.8, 4) is 0 Å². The molecule has 2 aromatic rings. The van der Waals surface area contributed by atoms with Crippen molar-refractivity contribution in [2.24, 2.45) is 0 Å². The summed E-state index contributed by atoms with van der Waals surface area (Å²) in [6.07, 6.45) is 3.50. The molecule has 0 spiro atoms. The van der Waals surface area contributed by atoms with Crippen LogP contribution < -0.4 is 15.5 Å². The molecule has 1 fully saturated rings. The van der Waals surface area contributed by atoms with Gasteiger partial charge in [-0.2, -0.15) is 0 Å². The maximum Gasteiger partial charge on any atom is 0.217 e. The van der Waals surface area contributed by atoms with E-state index in [2.05, 4.69) is 71.0 Å². The topological polar surface area (TPSA) is 44.4 Å². The Morgan fingerprint density at radius 3 is 2.29 bits per heavy atom. The van der Waals surface area contributed by atoms with E-state index in [9.17, 15) is 4.79 Å². The number of rotatable bonds is 7. The fraction of sp³-hybridized carbons (Fsp3) is 0.458. The predicted octanol–water partition coefficient (Wildman–Crippen LogP) is 5.09. The van der Waals surface area contributed by atoms with E-state index in [0.717, 1.165) is 31.6 Å². The zero-order chi connectivity index (χ0) is 19.9. The summed E-state index contributed by atoms with van der Waals surface area (Å²) in [7, 11) is 0. The molecule has 0 bridgehead atoms. The third-order valence-corrected chi connectivity index (χ3v) is 5.63. The number of piperidine rings is 1. The quantitative estimate of drug-likeness (QED) is 0.704. The fourth-order valence-corrected chi connectivity index (χ4v) is 3.98. The summed E-state index contributed by atoms with van der Waals surface area (Å²) < 4.78 is 0. The van der Waals surface area contributed by atoms with Gasteiger partial charge in [-0.3, -0.25) is 4.79 Å². The standard InChI is InChI=1S/C24H33N3O/c1-4-15-25-23-9-11-24(12-10-23)27-16-13-22(14-17-27)21-7-5-20(6-8-21)18(2)26-19(3)28/h5-12,18,22,25H,4,13-17H2,1-3H3,(H,26,28)/t18-/m0/s1. The lowest BCUT2D eigenvalue weighted by Gasteiger charge is -2.34. The molecular weight excluding hydrogens is 346 g/mol. The van der Waals surface area contributed by atoms with E-state index >= 15 is 0 Å². The van der Waals surface area contributed by atoms with Crippen LogP contribution in [0.5, 0.6) is 0 Å². The Morgan fingerprint density at radius 1 is 1.07 bits per heavy atom. The van der Waals surface area contributed by atoms with Crippen molar-refractivity contribution < 1.29 is 4.79 Å². The van der Waals surface area contributed by atoms with Gasteiger partial charge in [0.25, 0.3) is 0 Å². The zero-order valence-corrected chi connectivity index (χ0v) is 17.4. The van der Waals surface area contributed by atoms with Gasteiger partial charge in [0, 0.05) is 37.9 Å². The molecule has 2 N–H and O–H groups in total. The minimum absolute atomic E-state index is 0.0122. The monoisotopic (exact) mass is 379 g/mol. The van der Waals surface area contributed by atoms with Gasteiger partial charge in [0.2, 0.25) is 5.91 Å². The van der Waals surface area contributed by atoms with E-state index in [-0.39, 0.29) is 11.9 Å². The smallest absolute Gasteiger partial charge is 0.217 e. The largest absolute Gasteiger partial charge is 0.385 e. The lowest BCUT2D eigenvalue weighted by molar-refractivity contribution is -0.119. The van der Waals surface area contributed by atoms with Gasteiger partial charge >= 0.3 is 0 Å². The first-order valence-electron chi connectivity index (χ1n) is 10.5. The summed E-state index contributed by atoms with van der Waals surface area (Å²) in [6.45, 7) is 8.98. The van der Waals surface area contributed by atoms with E-state index in [1.54, 1.807) is 6.92 Å². The highest BCUT2D eigenvalue weighted by molar-refractivity contribution is 5.73. The molecule has 0 aromatic heterocycles. The molecule has 0 saturated carbocycles. The molecule has 1 atom stereocenters. The molecule has 0 radical (unpaired) electrons. The molecule has 3 rings (SSSR count). The van der Waals surface area contributed by atoms with Gasteiger partial charge in [0.05, 0.1) is 6.04 Å². The van der Waals surface area contributed by atoms with Gasteiger partial charge in [-0.25, -0.2) is 0 Å². The van der Waals surface area contributed by atoms with E-state index in [1.165, 1.54) is 29.8 Å². The lowest BCUT2D eigenvalue weighted by Crippen LogP contribution is -2.32. The molecule has 1 aliphatic rings. The maximum atomic E-state index is 11.2. The fourth-order valence-electron chi connectivity index (χ4n) is 3.98. The highest BCUT2D eigenvalue weighted by Crippen LogP contribution is 2.31. The van der Waals surface area contributed by atoms with E-state index in [1.807, 2.05) is 6.92 Å². The van der Waals surface area contributed by atoms with Gasteiger partial charge in [0.1, 0.15) is 0 Å². The van der Waals surface area contributed by atoms with Crippen molar-refractivity contribution in [2.45, 2.75) is 52.0 Å². The molecule has 2 aromatic carbocycles. The average molecular weight is 380 g/mol. The molecule has 1 heterocycles. The summed E-state index contributed by atoms with van der Waals surface area (Å²) in [5.74, 6) is 0.630. The van der Waals surface area contributed by atoms with E-state index in [0.29, 0.717) is 5.92 Å². The van der Waals surface area contributed by atoms with Crippen LogP contribution in [0.3, 0.4) is 0 Å². The lowest BCUT2D eigenvalue weighted by atomic mass is 9.88. The van der Waals surface area contributed by atoms with Crippen molar-refractivity contribution >= 4 is 17.3 Å². The Kier molecular flexibility index (Phi) is 6.96. The molecule has 1 aliphatic heterocycles. The first kappa shape index (κ1) is 20.2. The highest BCUT2D eigenvalue weighted by atomic mass is 16.1. The normalized spacial score (nSPS) is 15.9. The number of nitrogens with zero attached hydrogens (tertiary/aromatic N) is 1. The third-order valence-electron chi connectivity index (χ3n) is 5.63. The second-order valence-corrected chi connectivity index (χ2v) is 7.82. The average Bonchev–Trinajstić information content (AvgIpc) is 2.72. The van der Waals surface area contributed by atoms with Gasteiger partial charge in [-0.1, -0.05) is 31.2 Å². The molecule has 0 unspecified atom stereocenters. The minimum atomic E-state index is 0.0122. The summed E-state index contributed by atoms with van der Waals surface area (Å²) in [4.78, 5) is 13.7. The molecule has 0 aliphatic carbocycles. The number of carbonyl (C=O) groups is 1. The van der Waals surface area contributed by atoms with Crippen LogP contribution in [-0.4, -0.2) is 25.5 Å². The molecule has 4 heteroatoms. The number of anilines is 2. The maximum absolute atomic E-state index is 11.2. The Bertz CT molecular complexity index is 746. The van der Waals surface area contributed by atoms with Crippen LogP contribution >= 0.6 is 0 Å². The van der Waals surface area contributed by atoms with Gasteiger partial charge < -0.3 is 15.5 Å². The first-order chi connectivity index (χ1) is 13.6. The summed E-state index contributed by atoms with van der Waals surface area (Å²) in [6, 6.07) is 17.7. The number of hydrogen-bond acceptors (Lipinski definition) is 3. The number of amides is 1. The van der Waals surface area contributed by atoms with Crippen LogP contribution in [0.4, 0.5) is 11.4 Å².